The van der Waals surface area contributed by atoms with E-state index in [-0.39, 0.29) is 18.6 Å². The number of halogens is 1. The van der Waals surface area contributed by atoms with E-state index < -0.39 is 0 Å². The molecule has 0 radical (unpaired) electrons. The number of carbonyl (C=O) groups excluding carboxylic acids is 1. The molecule has 2 rings (SSSR count). The van der Waals surface area contributed by atoms with Crippen molar-refractivity contribution in [1.82, 2.24) is 15.3 Å². The Hall–Kier alpha value is -1.69. The predicted octanol–water partition coefficient (Wildman–Crippen LogP) is 3.08. The highest BCUT2D eigenvalue weighted by Crippen LogP contribution is 2.24. The molecule has 112 valence electrons. The van der Waals surface area contributed by atoms with Gasteiger partial charge in [0.1, 0.15) is 6.33 Å². The minimum absolute atomic E-state index is 0.0465. The van der Waals surface area contributed by atoms with Gasteiger partial charge in [-0.2, -0.15) is 0 Å². The zero-order chi connectivity index (χ0) is 15.2. The van der Waals surface area contributed by atoms with Gasteiger partial charge in [-0.15, -0.1) is 0 Å². The van der Waals surface area contributed by atoms with E-state index in [1.807, 2.05) is 32.0 Å². The SMILES string of the molecule is CCC(CC)NC(=O)COc1ncnc2ccc(Br)cc12. The molecule has 0 aliphatic heterocycles. The van der Waals surface area contributed by atoms with E-state index in [0.29, 0.717) is 5.88 Å². The lowest BCUT2D eigenvalue weighted by Crippen LogP contribution is -2.37. The van der Waals surface area contributed by atoms with E-state index >= 15 is 0 Å². The standard InChI is InChI=1S/C15H18BrN3O2/c1-3-11(4-2)19-14(20)8-21-15-12-7-10(16)5-6-13(12)17-9-18-15/h5-7,9,11H,3-4,8H2,1-2H3,(H,19,20). The van der Waals surface area contributed by atoms with Crippen LogP contribution in [-0.2, 0) is 4.79 Å². The third-order valence-electron chi connectivity index (χ3n) is 3.25. The zero-order valence-electron chi connectivity index (χ0n) is 12.1. The second-order valence-electron chi connectivity index (χ2n) is 4.71. The molecule has 2 aromatic rings. The van der Waals surface area contributed by atoms with Crippen LogP contribution < -0.4 is 10.1 Å². The summed E-state index contributed by atoms with van der Waals surface area (Å²) in [4.78, 5) is 20.1. The lowest BCUT2D eigenvalue weighted by molar-refractivity contribution is -0.123. The molecule has 0 atom stereocenters. The molecule has 21 heavy (non-hydrogen) atoms. The minimum atomic E-state index is -0.134. The van der Waals surface area contributed by atoms with Crippen molar-refractivity contribution in [2.24, 2.45) is 0 Å². The first-order chi connectivity index (χ1) is 10.1. The molecule has 0 aliphatic rings. The van der Waals surface area contributed by atoms with Crippen molar-refractivity contribution in [2.75, 3.05) is 6.61 Å². The molecule has 5 nitrogen and oxygen atoms in total. The van der Waals surface area contributed by atoms with Crippen molar-refractivity contribution in [3.8, 4) is 5.88 Å². The number of fused-ring (bicyclic) bond motifs is 1. The van der Waals surface area contributed by atoms with Crippen LogP contribution in [0.5, 0.6) is 5.88 Å². The molecule has 0 spiro atoms. The molecule has 0 bridgehead atoms. The summed E-state index contributed by atoms with van der Waals surface area (Å²) in [5.41, 5.74) is 0.781. The van der Waals surface area contributed by atoms with Gasteiger partial charge in [0.2, 0.25) is 5.88 Å². The fourth-order valence-electron chi connectivity index (χ4n) is 2.02. The molecule has 0 saturated heterocycles. The number of nitrogens with one attached hydrogen (secondary N) is 1. The Balaban J connectivity index is 2.06. The molecule has 0 saturated carbocycles. The number of benzene rings is 1. The summed E-state index contributed by atoms with van der Waals surface area (Å²) in [6.07, 6.45) is 3.25. The number of ether oxygens (including phenoxy) is 1. The van der Waals surface area contributed by atoms with E-state index in [4.69, 9.17) is 4.74 Å². The summed E-state index contributed by atoms with van der Waals surface area (Å²) in [6, 6.07) is 5.85. The molecule has 1 aromatic carbocycles. The molecule has 1 heterocycles. The Morgan fingerprint density at radius 2 is 2.10 bits per heavy atom. The van der Waals surface area contributed by atoms with Crippen molar-refractivity contribution in [1.29, 1.82) is 0 Å². The normalized spacial score (nSPS) is 10.9. The van der Waals surface area contributed by atoms with Crippen LogP contribution in [-0.4, -0.2) is 28.5 Å². The zero-order valence-corrected chi connectivity index (χ0v) is 13.7. The number of amides is 1. The second kappa shape index (κ2) is 7.36. The maximum Gasteiger partial charge on any atom is 0.258 e. The van der Waals surface area contributed by atoms with E-state index in [9.17, 15) is 4.79 Å². The van der Waals surface area contributed by atoms with Crippen molar-refractivity contribution in [2.45, 2.75) is 32.7 Å². The third kappa shape index (κ3) is 4.14. The van der Waals surface area contributed by atoms with E-state index in [1.54, 1.807) is 0 Å². The summed E-state index contributed by atoms with van der Waals surface area (Å²) in [5.74, 6) is 0.284. The van der Waals surface area contributed by atoms with Crippen LogP contribution in [0.15, 0.2) is 29.0 Å². The highest BCUT2D eigenvalue weighted by Gasteiger charge is 2.11. The van der Waals surface area contributed by atoms with Crippen molar-refractivity contribution >= 4 is 32.7 Å². The lowest BCUT2D eigenvalue weighted by atomic mass is 10.2. The summed E-state index contributed by atoms with van der Waals surface area (Å²) < 4.78 is 6.46. The van der Waals surface area contributed by atoms with Crippen LogP contribution >= 0.6 is 15.9 Å². The number of nitrogens with zero attached hydrogens (tertiary/aromatic N) is 2. The maximum absolute atomic E-state index is 11.9. The average Bonchev–Trinajstić information content (AvgIpc) is 2.50. The Bertz CT molecular complexity index is 629. The van der Waals surface area contributed by atoms with Gasteiger partial charge in [0.15, 0.2) is 6.61 Å². The highest BCUT2D eigenvalue weighted by molar-refractivity contribution is 9.10. The smallest absolute Gasteiger partial charge is 0.258 e. The number of aromatic nitrogens is 2. The van der Waals surface area contributed by atoms with Gasteiger partial charge < -0.3 is 10.1 Å². The minimum Gasteiger partial charge on any atom is -0.467 e. The van der Waals surface area contributed by atoms with Gasteiger partial charge in [-0.05, 0) is 31.0 Å². The fourth-order valence-corrected chi connectivity index (χ4v) is 2.38. The number of hydrogen-bond acceptors (Lipinski definition) is 4. The topological polar surface area (TPSA) is 64.1 Å². The predicted molar refractivity (Wildman–Crippen MR) is 85.2 cm³/mol. The van der Waals surface area contributed by atoms with Crippen LogP contribution in [0.1, 0.15) is 26.7 Å². The molecule has 0 aliphatic carbocycles. The Labute approximate surface area is 132 Å². The second-order valence-corrected chi connectivity index (χ2v) is 5.63. The molecule has 0 fully saturated rings. The van der Waals surface area contributed by atoms with E-state index in [1.165, 1.54) is 6.33 Å². The van der Waals surface area contributed by atoms with Crippen LogP contribution in [0.3, 0.4) is 0 Å². The quantitative estimate of drug-likeness (QED) is 0.868. The largest absolute Gasteiger partial charge is 0.467 e. The van der Waals surface area contributed by atoms with Crippen LogP contribution in [0.25, 0.3) is 10.9 Å². The average molecular weight is 352 g/mol. The molecule has 1 N–H and O–H groups in total. The first-order valence-corrected chi connectivity index (χ1v) is 7.75. The molecule has 1 amide bonds. The Kier molecular flexibility index (Phi) is 5.50. The Morgan fingerprint density at radius 1 is 1.33 bits per heavy atom. The van der Waals surface area contributed by atoms with Crippen molar-refractivity contribution in [3.05, 3.63) is 29.0 Å². The van der Waals surface area contributed by atoms with Crippen LogP contribution in [0, 0.1) is 0 Å². The number of hydrogen-bond donors (Lipinski definition) is 1. The van der Waals surface area contributed by atoms with Crippen molar-refractivity contribution < 1.29 is 9.53 Å². The molecule has 1 aromatic heterocycles. The van der Waals surface area contributed by atoms with Gasteiger partial charge in [-0.25, -0.2) is 9.97 Å². The molecule has 0 unspecified atom stereocenters. The Morgan fingerprint density at radius 3 is 2.81 bits per heavy atom. The molecular formula is C15H18BrN3O2. The first-order valence-electron chi connectivity index (χ1n) is 6.96. The van der Waals surface area contributed by atoms with Crippen molar-refractivity contribution in [3.63, 3.8) is 0 Å². The van der Waals surface area contributed by atoms with Gasteiger partial charge in [0, 0.05) is 10.5 Å². The number of carbonyl (C=O) groups is 1. The van der Waals surface area contributed by atoms with E-state index in [0.717, 1.165) is 28.2 Å². The van der Waals surface area contributed by atoms with Gasteiger partial charge in [-0.3, -0.25) is 4.79 Å². The van der Waals surface area contributed by atoms with E-state index in [2.05, 4.69) is 31.2 Å². The summed E-state index contributed by atoms with van der Waals surface area (Å²) in [7, 11) is 0. The van der Waals surface area contributed by atoms with Crippen LogP contribution in [0.2, 0.25) is 0 Å². The maximum atomic E-state index is 11.9. The summed E-state index contributed by atoms with van der Waals surface area (Å²) in [6.45, 7) is 4.05. The first kappa shape index (κ1) is 15.7. The fraction of sp³-hybridized carbons (Fsp3) is 0.400. The molecular weight excluding hydrogens is 334 g/mol. The van der Waals surface area contributed by atoms with Gasteiger partial charge in [0.05, 0.1) is 10.9 Å². The molecule has 6 heteroatoms. The van der Waals surface area contributed by atoms with Crippen LogP contribution in [0.4, 0.5) is 0 Å². The lowest BCUT2D eigenvalue weighted by Gasteiger charge is -2.15. The van der Waals surface area contributed by atoms with Gasteiger partial charge in [0.25, 0.3) is 5.91 Å². The van der Waals surface area contributed by atoms with Gasteiger partial charge >= 0.3 is 0 Å². The highest BCUT2D eigenvalue weighted by atomic mass is 79.9. The number of rotatable bonds is 6. The third-order valence-corrected chi connectivity index (χ3v) is 3.74. The summed E-state index contributed by atoms with van der Waals surface area (Å²) >= 11 is 3.41. The van der Waals surface area contributed by atoms with Gasteiger partial charge in [-0.1, -0.05) is 29.8 Å². The monoisotopic (exact) mass is 351 g/mol. The summed E-state index contributed by atoms with van der Waals surface area (Å²) in [5, 5.41) is 3.71.